The van der Waals surface area contributed by atoms with Crippen molar-refractivity contribution in [2.24, 2.45) is 0 Å². The van der Waals surface area contributed by atoms with Gasteiger partial charge >= 0.3 is 0 Å². The molecule has 0 unspecified atom stereocenters. The van der Waals surface area contributed by atoms with Crippen LogP contribution in [-0.2, 0) is 13.0 Å². The highest BCUT2D eigenvalue weighted by molar-refractivity contribution is 6.42. The minimum Gasteiger partial charge on any atom is -0.392 e. The number of hydrogen-bond acceptors (Lipinski definition) is 5. The van der Waals surface area contributed by atoms with Gasteiger partial charge in [0.05, 0.1) is 27.4 Å². The van der Waals surface area contributed by atoms with Crippen LogP contribution in [0.5, 0.6) is 0 Å². The Morgan fingerprint density at radius 1 is 1.26 bits per heavy atom. The van der Waals surface area contributed by atoms with Crippen molar-refractivity contribution in [3.05, 3.63) is 62.9 Å². The molecule has 1 aromatic carbocycles. The van der Waals surface area contributed by atoms with Crippen molar-refractivity contribution < 1.29 is 14.7 Å². The van der Waals surface area contributed by atoms with Crippen LogP contribution in [0.3, 0.4) is 0 Å². The van der Waals surface area contributed by atoms with Crippen LogP contribution in [0.1, 0.15) is 45.3 Å². The molecular weight excluding hydrogens is 387 g/mol. The normalized spacial score (nSPS) is 17.3. The maximum Gasteiger partial charge on any atom is 0.169 e. The van der Waals surface area contributed by atoms with Gasteiger partial charge < -0.3 is 5.11 Å². The van der Waals surface area contributed by atoms with Gasteiger partial charge in [-0.3, -0.25) is 19.5 Å². The van der Waals surface area contributed by atoms with Gasteiger partial charge in [-0.25, -0.2) is 0 Å². The molecule has 1 aliphatic rings. The third kappa shape index (κ3) is 4.74. The van der Waals surface area contributed by atoms with Gasteiger partial charge in [0.15, 0.2) is 11.6 Å². The molecule has 2 aromatic rings. The number of rotatable bonds is 6. The summed E-state index contributed by atoms with van der Waals surface area (Å²) >= 11 is 12.0. The Bertz CT molecular complexity index is 886. The van der Waals surface area contributed by atoms with Crippen molar-refractivity contribution in [2.75, 3.05) is 13.1 Å². The first-order valence-electron chi connectivity index (χ1n) is 8.71. The quantitative estimate of drug-likeness (QED) is 0.742. The Hall–Kier alpha value is -1.79. The molecule has 27 heavy (non-hydrogen) atoms. The minimum atomic E-state index is -0.364. The van der Waals surface area contributed by atoms with Crippen molar-refractivity contribution in [3.63, 3.8) is 0 Å². The Morgan fingerprint density at radius 2 is 2.04 bits per heavy atom. The molecule has 1 fully saturated rings. The number of benzene rings is 1. The van der Waals surface area contributed by atoms with E-state index in [1.807, 2.05) is 4.90 Å². The lowest BCUT2D eigenvalue weighted by atomic mass is 9.95. The molecule has 1 aliphatic heterocycles. The summed E-state index contributed by atoms with van der Waals surface area (Å²) < 4.78 is 0. The summed E-state index contributed by atoms with van der Waals surface area (Å²) in [6, 6.07) is 6.62. The number of aliphatic hydroxyl groups is 1. The molecule has 3 rings (SSSR count). The number of aromatic nitrogens is 1. The first-order chi connectivity index (χ1) is 12.8. The van der Waals surface area contributed by atoms with Crippen LogP contribution in [0.15, 0.2) is 30.5 Å². The van der Waals surface area contributed by atoms with Crippen LogP contribution in [0, 0.1) is 0 Å². The summed E-state index contributed by atoms with van der Waals surface area (Å²) in [5, 5.41) is 10.5. The molecular formula is C20H20Cl2N2O3. The molecule has 0 aliphatic carbocycles. The number of aliphatic hydroxyl groups excluding tert-OH is 1. The van der Waals surface area contributed by atoms with E-state index in [4.69, 9.17) is 23.2 Å². The Labute approximate surface area is 167 Å². The molecule has 7 heteroatoms. The van der Waals surface area contributed by atoms with Gasteiger partial charge in [-0.05, 0) is 37.1 Å². The molecule has 1 N–H and O–H groups in total. The van der Waals surface area contributed by atoms with Crippen molar-refractivity contribution >= 4 is 34.8 Å². The van der Waals surface area contributed by atoms with Gasteiger partial charge in [-0.15, -0.1) is 0 Å². The highest BCUT2D eigenvalue weighted by Gasteiger charge is 2.25. The van der Waals surface area contributed by atoms with Gasteiger partial charge in [-0.1, -0.05) is 29.3 Å². The molecule has 5 nitrogen and oxygen atoms in total. The number of nitrogens with zero attached hydrogens (tertiary/aromatic N) is 2. The highest BCUT2D eigenvalue weighted by atomic mass is 35.5. The SMILES string of the molecule is CC(=O)c1ccnc(CN2CC[C@H](O)C2)c1C(=O)Cc1ccc(Cl)c(Cl)c1. The van der Waals surface area contributed by atoms with E-state index in [2.05, 4.69) is 4.98 Å². The lowest BCUT2D eigenvalue weighted by molar-refractivity contribution is 0.0966. The third-order valence-corrected chi connectivity index (χ3v) is 5.40. The molecule has 1 saturated heterocycles. The van der Waals surface area contributed by atoms with Gasteiger partial charge in [0.2, 0.25) is 0 Å². The molecule has 0 radical (unpaired) electrons. The fourth-order valence-corrected chi connectivity index (χ4v) is 3.64. The number of likely N-dealkylation sites (tertiary alicyclic amines) is 1. The fraction of sp³-hybridized carbons (Fsp3) is 0.350. The van der Waals surface area contributed by atoms with Crippen LogP contribution < -0.4 is 0 Å². The molecule has 0 amide bonds. The second kappa shape index (κ2) is 8.48. The van der Waals surface area contributed by atoms with Gasteiger partial charge in [0.1, 0.15) is 0 Å². The van der Waals surface area contributed by atoms with Gasteiger partial charge in [-0.2, -0.15) is 0 Å². The molecule has 0 saturated carbocycles. The number of Topliss-reactive ketones (excluding diaryl/α,β-unsaturated/α-hetero) is 2. The van der Waals surface area contributed by atoms with E-state index in [0.29, 0.717) is 46.4 Å². The first-order valence-corrected chi connectivity index (χ1v) is 9.47. The summed E-state index contributed by atoms with van der Waals surface area (Å²) in [6.07, 6.45) is 1.97. The number of carbonyl (C=O) groups excluding carboxylic acids is 2. The molecule has 1 atom stereocenters. The maximum atomic E-state index is 13.1. The largest absolute Gasteiger partial charge is 0.392 e. The number of hydrogen-bond donors (Lipinski definition) is 1. The van der Waals surface area contributed by atoms with Crippen LogP contribution in [0.25, 0.3) is 0 Å². The Morgan fingerprint density at radius 3 is 2.67 bits per heavy atom. The lowest BCUT2D eigenvalue weighted by Gasteiger charge is -2.18. The van der Waals surface area contributed by atoms with Crippen molar-refractivity contribution in [3.8, 4) is 0 Å². The van der Waals surface area contributed by atoms with Crippen LogP contribution in [-0.4, -0.2) is 45.8 Å². The second-order valence-corrected chi connectivity index (χ2v) is 7.58. The number of β-amino-alcohol motifs (C(OH)–C–C–N with tert-alkyl or cyclic N) is 1. The summed E-state index contributed by atoms with van der Waals surface area (Å²) in [4.78, 5) is 31.5. The fourth-order valence-electron chi connectivity index (χ4n) is 3.32. The minimum absolute atomic E-state index is 0.0957. The summed E-state index contributed by atoms with van der Waals surface area (Å²) in [5.74, 6) is -0.376. The van der Waals surface area contributed by atoms with Crippen molar-refractivity contribution in [1.82, 2.24) is 9.88 Å². The summed E-state index contributed by atoms with van der Waals surface area (Å²) in [6.45, 7) is 3.12. The van der Waals surface area contributed by atoms with E-state index in [1.165, 1.54) is 6.92 Å². The third-order valence-electron chi connectivity index (χ3n) is 4.66. The number of carbonyl (C=O) groups is 2. The first kappa shape index (κ1) is 20.0. The average molecular weight is 407 g/mol. The zero-order valence-corrected chi connectivity index (χ0v) is 16.4. The number of ketones is 2. The lowest BCUT2D eigenvalue weighted by Crippen LogP contribution is -2.25. The highest BCUT2D eigenvalue weighted by Crippen LogP contribution is 2.25. The van der Waals surface area contributed by atoms with E-state index >= 15 is 0 Å². The predicted octanol–water partition coefficient (Wildman–Crippen LogP) is 3.58. The van der Waals surface area contributed by atoms with E-state index in [9.17, 15) is 14.7 Å². The molecule has 1 aromatic heterocycles. The molecule has 0 spiro atoms. The topological polar surface area (TPSA) is 70.5 Å². The smallest absolute Gasteiger partial charge is 0.169 e. The molecule has 142 valence electrons. The van der Waals surface area contributed by atoms with Crippen LogP contribution in [0.2, 0.25) is 10.0 Å². The van der Waals surface area contributed by atoms with Crippen LogP contribution in [0.4, 0.5) is 0 Å². The van der Waals surface area contributed by atoms with Crippen LogP contribution >= 0.6 is 23.2 Å². The molecule has 0 bridgehead atoms. The second-order valence-electron chi connectivity index (χ2n) is 6.76. The summed E-state index contributed by atoms with van der Waals surface area (Å²) in [5.41, 5.74) is 1.99. The van der Waals surface area contributed by atoms with E-state index in [0.717, 1.165) is 12.1 Å². The molecule has 2 heterocycles. The van der Waals surface area contributed by atoms with Gasteiger partial charge in [0.25, 0.3) is 0 Å². The number of halogens is 2. The summed E-state index contributed by atoms with van der Waals surface area (Å²) in [7, 11) is 0. The van der Waals surface area contributed by atoms with E-state index in [-0.39, 0.29) is 24.1 Å². The van der Waals surface area contributed by atoms with E-state index < -0.39 is 0 Å². The Balaban J connectivity index is 1.92. The zero-order valence-electron chi connectivity index (χ0n) is 14.9. The Kier molecular flexibility index (Phi) is 6.27. The average Bonchev–Trinajstić information content (AvgIpc) is 3.02. The van der Waals surface area contributed by atoms with E-state index in [1.54, 1.807) is 30.5 Å². The predicted molar refractivity (Wildman–Crippen MR) is 105 cm³/mol. The number of pyridine rings is 1. The zero-order chi connectivity index (χ0) is 19.6. The van der Waals surface area contributed by atoms with Crippen molar-refractivity contribution in [1.29, 1.82) is 0 Å². The monoisotopic (exact) mass is 406 g/mol. The standard InChI is InChI=1S/C20H20Cl2N2O3/c1-12(25)15-4-6-23-18(11-24-7-5-14(26)10-24)20(15)19(27)9-13-2-3-16(21)17(22)8-13/h2-4,6,8,14,26H,5,7,9-11H2,1H3/t14-/m0/s1. The van der Waals surface area contributed by atoms with Gasteiger partial charge in [0, 0.05) is 37.8 Å². The van der Waals surface area contributed by atoms with Crippen molar-refractivity contribution in [2.45, 2.75) is 32.4 Å². The maximum absolute atomic E-state index is 13.1.